The molecule has 1 amide bonds. The number of nitrogens with zero attached hydrogens (tertiary/aromatic N) is 1. The van der Waals surface area contributed by atoms with Crippen LogP contribution in [0.2, 0.25) is 0 Å². The molecule has 1 aromatic rings. The number of rotatable bonds is 6. The SMILES string of the molecule is CC(C)CNC(=O)[C@@H](C)[NH+]1CCN(S(=O)(=O)c2cccs2)CC1. The zero-order chi connectivity index (χ0) is 17.0. The van der Waals surface area contributed by atoms with Gasteiger partial charge in [-0.25, -0.2) is 8.42 Å². The van der Waals surface area contributed by atoms with Crippen LogP contribution < -0.4 is 10.2 Å². The van der Waals surface area contributed by atoms with Gasteiger partial charge in [-0.1, -0.05) is 19.9 Å². The summed E-state index contributed by atoms with van der Waals surface area (Å²) in [5, 5.41) is 4.73. The van der Waals surface area contributed by atoms with Gasteiger partial charge in [-0.15, -0.1) is 11.3 Å². The Morgan fingerprint density at radius 1 is 1.35 bits per heavy atom. The molecule has 1 atom stereocenters. The minimum atomic E-state index is -3.37. The first-order valence-corrected chi connectivity index (χ1v) is 10.3. The lowest BCUT2D eigenvalue weighted by Gasteiger charge is -2.34. The molecule has 0 aliphatic carbocycles. The van der Waals surface area contributed by atoms with Crippen molar-refractivity contribution in [3.05, 3.63) is 17.5 Å². The highest BCUT2D eigenvalue weighted by molar-refractivity contribution is 7.91. The van der Waals surface area contributed by atoms with E-state index in [1.165, 1.54) is 15.6 Å². The van der Waals surface area contributed by atoms with E-state index in [4.69, 9.17) is 0 Å². The summed E-state index contributed by atoms with van der Waals surface area (Å²) in [5.74, 6) is 0.470. The Hall–Kier alpha value is -0.960. The minimum absolute atomic E-state index is 0.0447. The average molecular weight is 361 g/mol. The minimum Gasteiger partial charge on any atom is -0.351 e. The highest BCUT2D eigenvalue weighted by Crippen LogP contribution is 2.20. The van der Waals surface area contributed by atoms with Crippen LogP contribution in [0.4, 0.5) is 0 Å². The molecular formula is C15H26N3O3S2+. The van der Waals surface area contributed by atoms with E-state index in [0.29, 0.717) is 42.9 Å². The molecule has 1 aliphatic heterocycles. The van der Waals surface area contributed by atoms with Gasteiger partial charge in [0.15, 0.2) is 6.04 Å². The maximum atomic E-state index is 12.5. The molecule has 0 saturated carbocycles. The smallest absolute Gasteiger partial charge is 0.278 e. The molecule has 1 saturated heterocycles. The van der Waals surface area contributed by atoms with Crippen molar-refractivity contribution in [3.8, 4) is 0 Å². The standard InChI is InChI=1S/C15H25N3O3S2/c1-12(2)11-16-15(19)13(3)17-6-8-18(9-7-17)23(20,21)14-5-4-10-22-14/h4-5,10,12-13H,6-9,11H2,1-3H3,(H,16,19)/p+1/t13-/m1/s1. The van der Waals surface area contributed by atoms with Crippen LogP contribution in [0.3, 0.4) is 0 Å². The molecule has 23 heavy (non-hydrogen) atoms. The van der Waals surface area contributed by atoms with E-state index in [-0.39, 0.29) is 11.9 Å². The lowest BCUT2D eigenvalue weighted by molar-refractivity contribution is -0.917. The maximum Gasteiger partial charge on any atom is 0.278 e. The molecule has 0 spiro atoms. The van der Waals surface area contributed by atoms with Crippen molar-refractivity contribution in [2.24, 2.45) is 5.92 Å². The van der Waals surface area contributed by atoms with Gasteiger partial charge in [-0.3, -0.25) is 4.79 Å². The number of hydrogen-bond acceptors (Lipinski definition) is 4. The van der Waals surface area contributed by atoms with E-state index >= 15 is 0 Å². The van der Waals surface area contributed by atoms with E-state index in [2.05, 4.69) is 19.2 Å². The van der Waals surface area contributed by atoms with Gasteiger partial charge in [-0.2, -0.15) is 4.31 Å². The molecular weight excluding hydrogens is 334 g/mol. The predicted octanol–water partition coefficient (Wildman–Crippen LogP) is -0.202. The molecule has 2 rings (SSSR count). The Balaban J connectivity index is 1.90. The second-order valence-corrected chi connectivity index (χ2v) is 9.47. The summed E-state index contributed by atoms with van der Waals surface area (Å²) in [6.45, 7) is 8.93. The Morgan fingerprint density at radius 3 is 2.52 bits per heavy atom. The summed E-state index contributed by atoms with van der Waals surface area (Å²) in [4.78, 5) is 13.3. The van der Waals surface area contributed by atoms with Gasteiger partial charge >= 0.3 is 0 Å². The van der Waals surface area contributed by atoms with Crippen LogP contribution in [0.15, 0.2) is 21.7 Å². The lowest BCUT2D eigenvalue weighted by atomic mass is 10.2. The summed E-state index contributed by atoms with van der Waals surface area (Å²) >= 11 is 1.24. The van der Waals surface area contributed by atoms with Crippen LogP contribution in [-0.2, 0) is 14.8 Å². The first-order valence-electron chi connectivity index (χ1n) is 7.98. The first kappa shape index (κ1) is 18.4. The molecule has 1 fully saturated rings. The molecule has 0 radical (unpaired) electrons. The average Bonchev–Trinajstić information content (AvgIpc) is 3.07. The van der Waals surface area contributed by atoms with Gasteiger partial charge in [0.1, 0.15) is 4.21 Å². The number of piperazine rings is 1. The normalized spacial score (nSPS) is 19.0. The van der Waals surface area contributed by atoms with Crippen molar-refractivity contribution in [3.63, 3.8) is 0 Å². The summed E-state index contributed by atoms with van der Waals surface area (Å²) in [6, 6.07) is 3.24. The van der Waals surface area contributed by atoms with Crippen molar-refractivity contribution >= 4 is 27.3 Å². The van der Waals surface area contributed by atoms with Crippen LogP contribution in [-0.4, -0.2) is 57.4 Å². The molecule has 6 nitrogen and oxygen atoms in total. The van der Waals surface area contributed by atoms with Crippen molar-refractivity contribution in [2.45, 2.75) is 31.0 Å². The van der Waals surface area contributed by atoms with Crippen LogP contribution in [0.1, 0.15) is 20.8 Å². The molecule has 0 unspecified atom stereocenters. The van der Waals surface area contributed by atoms with Gasteiger partial charge in [0.05, 0.1) is 26.2 Å². The summed E-state index contributed by atoms with van der Waals surface area (Å²) in [7, 11) is -3.37. The van der Waals surface area contributed by atoms with Gasteiger partial charge < -0.3 is 10.2 Å². The molecule has 1 aromatic heterocycles. The molecule has 130 valence electrons. The summed E-state index contributed by atoms with van der Waals surface area (Å²) in [6.07, 6.45) is 0. The third-order valence-electron chi connectivity index (χ3n) is 4.14. The monoisotopic (exact) mass is 360 g/mol. The van der Waals surface area contributed by atoms with Crippen molar-refractivity contribution in [1.29, 1.82) is 0 Å². The van der Waals surface area contributed by atoms with Crippen LogP contribution in [0, 0.1) is 5.92 Å². The number of carbonyl (C=O) groups excluding carboxylic acids is 1. The molecule has 0 aromatic carbocycles. The van der Waals surface area contributed by atoms with Gasteiger partial charge in [0, 0.05) is 6.54 Å². The third-order valence-corrected chi connectivity index (χ3v) is 7.42. The third kappa shape index (κ3) is 4.53. The van der Waals surface area contributed by atoms with Gasteiger partial charge in [0.25, 0.3) is 15.9 Å². The molecule has 1 aliphatic rings. The van der Waals surface area contributed by atoms with Crippen LogP contribution in [0.25, 0.3) is 0 Å². The predicted molar refractivity (Wildman–Crippen MR) is 91.1 cm³/mol. The number of hydrogen-bond donors (Lipinski definition) is 2. The number of quaternary nitrogens is 1. The number of sulfonamides is 1. The van der Waals surface area contributed by atoms with Crippen LogP contribution in [0.5, 0.6) is 0 Å². The first-order chi connectivity index (χ1) is 10.8. The fraction of sp³-hybridized carbons (Fsp3) is 0.667. The van der Waals surface area contributed by atoms with Crippen molar-refractivity contribution in [2.75, 3.05) is 32.7 Å². The Morgan fingerprint density at radius 2 is 2.00 bits per heavy atom. The Bertz CT molecular complexity index is 606. The van der Waals surface area contributed by atoms with E-state index < -0.39 is 10.0 Å². The highest BCUT2D eigenvalue weighted by atomic mass is 32.2. The Kier molecular flexibility index (Phi) is 6.19. The number of carbonyl (C=O) groups is 1. The van der Waals surface area contributed by atoms with E-state index in [1.807, 2.05) is 6.92 Å². The number of amides is 1. The van der Waals surface area contributed by atoms with Gasteiger partial charge in [0.2, 0.25) is 0 Å². The summed E-state index contributed by atoms with van der Waals surface area (Å²) in [5.41, 5.74) is 0. The van der Waals surface area contributed by atoms with Crippen LogP contribution >= 0.6 is 11.3 Å². The van der Waals surface area contributed by atoms with E-state index in [0.717, 1.165) is 4.90 Å². The molecule has 0 bridgehead atoms. The fourth-order valence-corrected chi connectivity index (χ4v) is 5.21. The topological polar surface area (TPSA) is 70.9 Å². The van der Waals surface area contributed by atoms with E-state index in [1.54, 1.807) is 17.5 Å². The largest absolute Gasteiger partial charge is 0.351 e. The summed E-state index contributed by atoms with van der Waals surface area (Å²) < 4.78 is 26.9. The Labute approximate surface area is 142 Å². The molecule has 2 N–H and O–H groups in total. The zero-order valence-corrected chi connectivity index (χ0v) is 15.5. The van der Waals surface area contributed by atoms with Crippen molar-refractivity contribution in [1.82, 2.24) is 9.62 Å². The maximum absolute atomic E-state index is 12.5. The number of nitrogens with one attached hydrogen (secondary N) is 2. The van der Waals surface area contributed by atoms with E-state index in [9.17, 15) is 13.2 Å². The molecule has 8 heteroatoms. The number of thiophene rings is 1. The second-order valence-electron chi connectivity index (χ2n) is 6.36. The van der Waals surface area contributed by atoms with Gasteiger partial charge in [-0.05, 0) is 24.3 Å². The molecule has 2 heterocycles. The zero-order valence-electron chi connectivity index (χ0n) is 13.9. The highest BCUT2D eigenvalue weighted by Gasteiger charge is 2.34. The second kappa shape index (κ2) is 7.74. The lowest BCUT2D eigenvalue weighted by Crippen LogP contribution is -3.19. The van der Waals surface area contributed by atoms with Crippen molar-refractivity contribution < 1.29 is 18.1 Å². The fourth-order valence-electron chi connectivity index (χ4n) is 2.63. The quantitative estimate of drug-likeness (QED) is 0.738.